The van der Waals surface area contributed by atoms with E-state index in [9.17, 15) is 48.4 Å². The fourth-order valence-electron chi connectivity index (χ4n) is 8.14. The Morgan fingerprint density at radius 2 is 1.07 bits per heavy atom. The molecule has 0 bridgehead atoms. The molecule has 0 spiro atoms. The van der Waals surface area contributed by atoms with Crippen molar-refractivity contribution < 1.29 is 84.5 Å². The Balaban J connectivity index is -0.000000366. The number of benzene rings is 6. The van der Waals surface area contributed by atoms with Gasteiger partial charge in [0.1, 0.15) is 40.4 Å². The molecule has 2 aliphatic rings. The molecule has 8 aromatic rings. The standard InChI is InChI=1S/C22H16Br2N2O2.C8H6BrNO4.C8H8BrNO2.C8H7BrO2.C8H8O2.C6H8O2.CH3F.4CH4.BHNS.HNO3.2H2/c1-28-18-7-6-17(24)15-9-12-3-2-11-8-14-16(23)5-4-13(10-27)19(14)25-20(11)21(12)26-22(15)18;1-14-7-3-2-6(9)5(4-11)8(7)10(12)13;1-12-7-3-2-6(9)5(4-11)8(7)10;1-11-7-2-3-8(9)6(4-7)5-10;1-10-8-4-2-3-7(5-8)6-9;7-5-3-1-2-4-6(5)8;1-2;;;;;1-2-3;2-1(3)4;;/h4-9,27H,2-3,10H2,1H3;2-4H,1H3;2-4H,10H2,1H3;2-5H,1H3;2-6H,1H3;1-4H2;1H3;4*1H4;3H;(H,2,3,4);2*1H/i;;;;;;1D;;;;;;;2*1+1D. The number of carbonyl (C=O) groups excluding carboxylic acids is 6. The number of aliphatic hydroxyl groups excluding tert-OH is 1. The van der Waals surface area contributed by atoms with Crippen molar-refractivity contribution in [2.75, 3.05) is 48.4 Å². The van der Waals surface area contributed by atoms with Gasteiger partial charge in [-0.1, -0.05) is 95.7 Å². The van der Waals surface area contributed by atoms with Crippen LogP contribution in [-0.2, 0) is 29.0 Å². The van der Waals surface area contributed by atoms with Gasteiger partial charge in [-0.05, 0) is 154 Å². The third-order valence-electron chi connectivity index (χ3n) is 12.5. The summed E-state index contributed by atoms with van der Waals surface area (Å²) in [6.07, 6.45) is 7.31. The Morgan fingerprint density at radius 1 is 0.646 bits per heavy atom. The van der Waals surface area contributed by atoms with Crippen LogP contribution in [0.25, 0.3) is 33.2 Å². The number of fused-ring (bicyclic) bond motifs is 5. The molecule has 31 heteroatoms. The number of methoxy groups -OCH3 is 5. The van der Waals surface area contributed by atoms with Gasteiger partial charge in [-0.15, -0.1) is 10.1 Å². The van der Waals surface area contributed by atoms with E-state index in [0.29, 0.717) is 74.0 Å². The number of nitrogens with zero attached hydrogens (tertiary/aromatic N) is 5. The molecular formula is C65H78BBr5FN6O17S. The minimum atomic E-state index is -1.50. The fourth-order valence-corrected chi connectivity index (χ4v) is 10.2. The van der Waals surface area contributed by atoms with Gasteiger partial charge in [0.25, 0.3) is 5.09 Å². The number of aryl methyl sites for hydroxylation is 2. The zero-order valence-electron chi connectivity index (χ0n) is 54.4. The second-order valence-corrected chi connectivity index (χ2v) is 22.3. The van der Waals surface area contributed by atoms with Crippen molar-refractivity contribution in [3.8, 4) is 40.1 Å². The molecule has 1 fully saturated rings. The first kappa shape index (κ1) is 86.1. The monoisotopic (exact) mass is 1680 g/mol. The molecule has 1 saturated carbocycles. The molecule has 0 unspecified atom stereocenters. The van der Waals surface area contributed by atoms with E-state index in [1.54, 1.807) is 75.9 Å². The van der Waals surface area contributed by atoms with E-state index in [1.807, 2.05) is 24.3 Å². The summed E-state index contributed by atoms with van der Waals surface area (Å²) in [7, 11) is 11.0. The molecule has 96 heavy (non-hydrogen) atoms. The second-order valence-electron chi connectivity index (χ2n) is 17.8. The summed E-state index contributed by atoms with van der Waals surface area (Å²) in [6.45, 7) is -0.0473. The minimum absolute atomic E-state index is 0. The number of ketones is 2. The van der Waals surface area contributed by atoms with Gasteiger partial charge in [-0.25, -0.2) is 9.97 Å². The van der Waals surface area contributed by atoms with Gasteiger partial charge in [0, 0.05) is 68.6 Å². The summed E-state index contributed by atoms with van der Waals surface area (Å²) < 4.78 is 67.1. The molecule has 10 rings (SSSR count). The number of rotatable bonds is 11. The van der Waals surface area contributed by atoms with E-state index < -0.39 is 17.2 Å². The predicted octanol–water partition coefficient (Wildman–Crippen LogP) is 17.5. The van der Waals surface area contributed by atoms with Crippen molar-refractivity contribution in [2.45, 2.75) is 74.8 Å². The first-order chi connectivity index (χ1) is 46.4. The molecule has 521 valence electrons. The fraction of sp³-hybridized carbons (Fsp3) is 0.262. The van der Waals surface area contributed by atoms with Crippen LogP contribution in [0, 0.1) is 20.2 Å². The number of aldehydes is 4. The number of alkyl halides is 1. The molecule has 0 atom stereocenters. The van der Waals surface area contributed by atoms with Crippen LogP contribution in [0.4, 0.5) is 15.8 Å². The van der Waals surface area contributed by atoms with Crippen molar-refractivity contribution in [2.24, 2.45) is 4.30 Å². The Bertz CT molecular complexity index is 3850. The third kappa shape index (κ3) is 27.3. The molecule has 2 aromatic heterocycles. The van der Waals surface area contributed by atoms with Gasteiger partial charge >= 0.3 is 30.4 Å². The van der Waals surface area contributed by atoms with Gasteiger partial charge in [0.15, 0.2) is 36.2 Å². The molecule has 4 N–H and O–H groups in total. The number of nitro groups is 1. The van der Waals surface area contributed by atoms with E-state index >= 15 is 0 Å². The summed E-state index contributed by atoms with van der Waals surface area (Å²) in [4.78, 5) is 91.0. The topological polar surface area (TPSA) is 339 Å². The van der Waals surface area contributed by atoms with E-state index in [1.165, 1.54) is 37.5 Å². The van der Waals surface area contributed by atoms with Gasteiger partial charge in [0.05, 0.1) is 83.8 Å². The predicted molar refractivity (Wildman–Crippen MR) is 398 cm³/mol. The number of halogens is 6. The number of hydrogen-bond acceptors (Lipinski definition) is 21. The Kier molecular flexibility index (Phi) is 43.7. The molecule has 23 nitrogen and oxygen atoms in total. The Labute approximate surface area is 612 Å². The SMILES string of the molecule is C.C.C.C.COc1ccc(Br)c(C=O)c1.COc1ccc(Br)c(C=O)c1N.COc1ccc(Br)c(C=O)c1[N+](=O)[O-].COc1ccc(Br)c2cc3c(nc12)-c1nc2c(CO)ccc(Br)c2cc1CC3.COc1cccc(C=O)c1.O=C1CCCCC1=O.O=[N+]([O-])O.[2H]CF.[2H][2H].[2H][2H].[B]=NS. The average molecular weight is 1680 g/mol. The molecule has 2 heterocycles. The van der Waals surface area contributed by atoms with E-state index in [0.717, 1.165) is 96.2 Å². The number of nitro benzene ring substituents is 1. The number of aromatic nitrogens is 2. The van der Waals surface area contributed by atoms with Crippen LogP contribution in [0.5, 0.6) is 28.7 Å². The van der Waals surface area contributed by atoms with Crippen molar-refractivity contribution in [3.63, 3.8) is 0 Å². The van der Waals surface area contributed by atoms with Gasteiger partial charge in [0.2, 0.25) is 0 Å². The maximum atomic E-state index is 10.7. The maximum absolute atomic E-state index is 10.7. The average Bonchev–Trinajstić information content (AvgIpc) is 0.744. The number of Topliss-reactive ketones (excluding diaryl/α,β-unsaturated/α-hetero) is 2. The number of anilines is 1. The van der Waals surface area contributed by atoms with Crippen molar-refractivity contribution in [1.82, 2.24) is 9.97 Å². The summed E-state index contributed by atoms with van der Waals surface area (Å²) in [5.41, 5.74) is 13.9. The first-order valence-corrected chi connectivity index (χ1v) is 30.4. The first-order valence-electron chi connectivity index (χ1n) is 28.7. The zero-order chi connectivity index (χ0) is 73.9. The van der Waals surface area contributed by atoms with E-state index in [2.05, 4.69) is 117 Å². The normalized spacial score (nSPS) is 10.9. The molecule has 0 amide bonds. The van der Waals surface area contributed by atoms with Gasteiger partial charge in [-0.3, -0.25) is 43.3 Å². The van der Waals surface area contributed by atoms with Crippen molar-refractivity contribution >= 4 is 170 Å². The quantitative estimate of drug-likeness (QED) is 0.0178. The van der Waals surface area contributed by atoms with Gasteiger partial charge < -0.3 is 39.7 Å². The van der Waals surface area contributed by atoms with Crippen LogP contribution in [0.1, 0.15) is 121 Å². The van der Waals surface area contributed by atoms with E-state index in [4.69, 9.17) is 62.0 Å². The molecule has 6 aromatic carbocycles. The zero-order valence-corrected chi connectivity index (χ0v) is 58.2. The summed E-state index contributed by atoms with van der Waals surface area (Å²) in [5, 5.41) is 36.1. The Hall–Kier alpha value is -7.94. The number of nitrogen functional groups attached to an aromatic ring is 1. The third-order valence-corrected chi connectivity index (χ3v) is 15.9. The molecule has 0 aliphatic heterocycles. The molecular weight excluding hydrogens is 1600 g/mol. The number of aliphatic hydroxyl groups is 1. The van der Waals surface area contributed by atoms with Crippen LogP contribution in [0.3, 0.4) is 0 Å². The van der Waals surface area contributed by atoms with Crippen LogP contribution in [-0.4, -0.2) is 117 Å². The van der Waals surface area contributed by atoms with Crippen molar-refractivity contribution in [3.05, 3.63) is 185 Å². The van der Waals surface area contributed by atoms with Crippen molar-refractivity contribution in [1.29, 1.82) is 0 Å². The number of hydrogen-bond donors (Lipinski definition) is 4. The van der Waals surface area contributed by atoms with Crippen LogP contribution >= 0.6 is 92.5 Å². The molecule has 2 aliphatic carbocycles. The summed E-state index contributed by atoms with van der Waals surface area (Å²) in [6, 6.07) is 30.8. The number of nitrogens with two attached hydrogens (primary N) is 1. The van der Waals surface area contributed by atoms with Crippen LogP contribution in [0.15, 0.2) is 130 Å². The van der Waals surface area contributed by atoms with Gasteiger partial charge in [-0.2, -0.15) is 0 Å². The number of ether oxygens (including phenoxy) is 5. The molecule has 1 radical (unpaired) electrons. The number of pyridine rings is 2. The van der Waals surface area contributed by atoms with E-state index in [-0.39, 0.29) is 64.9 Å². The van der Waals surface area contributed by atoms with Crippen LogP contribution in [0.2, 0.25) is 0 Å². The van der Waals surface area contributed by atoms with Crippen LogP contribution < -0.4 is 29.4 Å². The molecule has 0 saturated heterocycles. The number of carbonyl (C=O) groups is 6. The summed E-state index contributed by atoms with van der Waals surface area (Å²) >= 11 is 19.9. The number of thiol groups is 1. The summed E-state index contributed by atoms with van der Waals surface area (Å²) in [5.74, 6) is 2.39. The second kappa shape index (κ2) is 48.7. The Morgan fingerprint density at radius 3 is 1.51 bits per heavy atom.